The topological polar surface area (TPSA) is 63.4 Å². The molecule has 0 aliphatic carbocycles. The van der Waals surface area contributed by atoms with Crippen molar-refractivity contribution in [3.8, 4) is 0 Å². The Morgan fingerprint density at radius 3 is 3.17 bits per heavy atom. The number of hydrazine groups is 1. The molecule has 0 amide bonds. The number of hydrogen-bond acceptors (Lipinski definition) is 5. The summed E-state index contributed by atoms with van der Waals surface area (Å²) in [6.45, 7) is 2.69. The highest BCUT2D eigenvalue weighted by Crippen LogP contribution is 2.16. The summed E-state index contributed by atoms with van der Waals surface area (Å²) < 4.78 is 5.75. The van der Waals surface area contributed by atoms with Gasteiger partial charge in [-0.2, -0.15) is 0 Å². The standard InChI is InChI=1S/C13H22N4O/c1-17(10-12-6-2-3-8-18-12)9-11-5-4-7-15-13(11)16-14/h4-5,7,12H,2-3,6,8-10,14H2,1H3,(H,15,16). The average Bonchev–Trinajstić information content (AvgIpc) is 2.40. The van der Waals surface area contributed by atoms with Gasteiger partial charge in [0, 0.05) is 31.5 Å². The third-order valence-corrected chi connectivity index (χ3v) is 3.26. The molecule has 18 heavy (non-hydrogen) atoms. The highest BCUT2D eigenvalue weighted by atomic mass is 16.5. The minimum absolute atomic E-state index is 0.370. The molecule has 0 spiro atoms. The van der Waals surface area contributed by atoms with Gasteiger partial charge in [-0.1, -0.05) is 6.07 Å². The van der Waals surface area contributed by atoms with E-state index in [0.29, 0.717) is 6.10 Å². The zero-order valence-electron chi connectivity index (χ0n) is 10.9. The number of nitrogen functional groups attached to an aromatic ring is 1. The van der Waals surface area contributed by atoms with Gasteiger partial charge < -0.3 is 10.2 Å². The number of nitrogens with two attached hydrogens (primary N) is 1. The summed E-state index contributed by atoms with van der Waals surface area (Å²) in [5.41, 5.74) is 3.75. The zero-order chi connectivity index (χ0) is 12.8. The molecule has 0 bridgehead atoms. The number of pyridine rings is 1. The first-order valence-electron chi connectivity index (χ1n) is 6.50. The molecule has 3 N–H and O–H groups in total. The molecule has 1 aromatic rings. The highest BCUT2D eigenvalue weighted by Gasteiger charge is 2.16. The molecule has 100 valence electrons. The molecule has 1 aromatic heterocycles. The quantitative estimate of drug-likeness (QED) is 0.610. The SMILES string of the molecule is CN(Cc1cccnc1NN)CC1CCCCO1. The molecule has 1 fully saturated rings. The van der Waals surface area contributed by atoms with E-state index in [1.165, 1.54) is 19.3 Å². The van der Waals surface area contributed by atoms with Crippen LogP contribution in [0, 0.1) is 0 Å². The predicted octanol–water partition coefficient (Wildman–Crippen LogP) is 1.37. The Bertz CT molecular complexity index is 366. The predicted molar refractivity (Wildman–Crippen MR) is 72.0 cm³/mol. The molecule has 2 rings (SSSR count). The fraction of sp³-hybridized carbons (Fsp3) is 0.615. The lowest BCUT2D eigenvalue weighted by Gasteiger charge is -2.27. The van der Waals surface area contributed by atoms with Crippen LogP contribution < -0.4 is 11.3 Å². The Labute approximate surface area is 108 Å². The van der Waals surface area contributed by atoms with Crippen molar-refractivity contribution in [3.63, 3.8) is 0 Å². The van der Waals surface area contributed by atoms with Crippen LogP contribution >= 0.6 is 0 Å². The third kappa shape index (κ3) is 3.66. The van der Waals surface area contributed by atoms with Gasteiger partial charge in [-0.05, 0) is 32.4 Å². The number of nitrogens with one attached hydrogen (secondary N) is 1. The Balaban J connectivity index is 1.87. The van der Waals surface area contributed by atoms with Gasteiger partial charge in [-0.25, -0.2) is 10.8 Å². The second-order valence-corrected chi connectivity index (χ2v) is 4.84. The van der Waals surface area contributed by atoms with Crippen molar-refractivity contribution in [1.82, 2.24) is 9.88 Å². The van der Waals surface area contributed by atoms with Crippen molar-refractivity contribution in [2.45, 2.75) is 31.9 Å². The van der Waals surface area contributed by atoms with Crippen molar-refractivity contribution in [1.29, 1.82) is 0 Å². The minimum atomic E-state index is 0.370. The van der Waals surface area contributed by atoms with Gasteiger partial charge >= 0.3 is 0 Å². The van der Waals surface area contributed by atoms with Crippen LogP contribution in [0.25, 0.3) is 0 Å². The van der Waals surface area contributed by atoms with Gasteiger partial charge in [-0.15, -0.1) is 0 Å². The Hall–Kier alpha value is -1.17. The van der Waals surface area contributed by atoms with Crippen molar-refractivity contribution < 1.29 is 4.74 Å². The molecule has 1 aliphatic heterocycles. The lowest BCUT2D eigenvalue weighted by Crippen LogP contribution is -2.33. The van der Waals surface area contributed by atoms with E-state index in [1.807, 2.05) is 12.1 Å². The fourth-order valence-corrected chi connectivity index (χ4v) is 2.35. The van der Waals surface area contributed by atoms with Crippen LogP contribution in [0.5, 0.6) is 0 Å². The lowest BCUT2D eigenvalue weighted by atomic mass is 10.1. The van der Waals surface area contributed by atoms with Crippen LogP contribution in [0.1, 0.15) is 24.8 Å². The average molecular weight is 250 g/mol. The summed E-state index contributed by atoms with van der Waals surface area (Å²) in [6, 6.07) is 3.97. The first kappa shape index (κ1) is 13.3. The number of nitrogens with zero attached hydrogens (tertiary/aromatic N) is 2. The lowest BCUT2D eigenvalue weighted by molar-refractivity contribution is -0.00257. The second-order valence-electron chi connectivity index (χ2n) is 4.84. The van der Waals surface area contributed by atoms with E-state index >= 15 is 0 Å². The van der Waals surface area contributed by atoms with Gasteiger partial charge in [0.05, 0.1) is 6.10 Å². The number of rotatable bonds is 5. The van der Waals surface area contributed by atoms with Gasteiger partial charge in [0.2, 0.25) is 0 Å². The fourth-order valence-electron chi connectivity index (χ4n) is 2.35. The zero-order valence-corrected chi connectivity index (χ0v) is 10.9. The summed E-state index contributed by atoms with van der Waals surface area (Å²) in [4.78, 5) is 6.46. The molecule has 1 atom stereocenters. The number of aromatic nitrogens is 1. The molecular weight excluding hydrogens is 228 g/mol. The highest BCUT2D eigenvalue weighted by molar-refractivity contribution is 5.42. The van der Waals surface area contributed by atoms with Crippen LogP contribution in [0.2, 0.25) is 0 Å². The number of hydrogen-bond donors (Lipinski definition) is 2. The maximum absolute atomic E-state index is 5.75. The van der Waals surface area contributed by atoms with Crippen molar-refractivity contribution in [2.75, 3.05) is 25.6 Å². The van der Waals surface area contributed by atoms with Crippen LogP contribution in [0.3, 0.4) is 0 Å². The van der Waals surface area contributed by atoms with Crippen LogP contribution in [-0.4, -0.2) is 36.2 Å². The summed E-state index contributed by atoms with van der Waals surface area (Å²) in [5, 5.41) is 0. The molecule has 0 radical (unpaired) electrons. The number of ether oxygens (including phenoxy) is 1. The van der Waals surface area contributed by atoms with E-state index in [4.69, 9.17) is 10.6 Å². The normalized spacial score (nSPS) is 20.1. The second kappa shape index (κ2) is 6.68. The molecule has 2 heterocycles. The van der Waals surface area contributed by atoms with E-state index in [9.17, 15) is 0 Å². The van der Waals surface area contributed by atoms with E-state index < -0.39 is 0 Å². The molecule has 0 aromatic carbocycles. The summed E-state index contributed by atoms with van der Waals surface area (Å²) >= 11 is 0. The monoisotopic (exact) mass is 250 g/mol. The third-order valence-electron chi connectivity index (χ3n) is 3.26. The molecule has 1 saturated heterocycles. The van der Waals surface area contributed by atoms with Crippen LogP contribution in [0.4, 0.5) is 5.82 Å². The first-order valence-corrected chi connectivity index (χ1v) is 6.50. The summed E-state index contributed by atoms with van der Waals surface area (Å²) in [6.07, 6.45) is 5.75. The number of likely N-dealkylation sites (N-methyl/N-ethyl adjacent to an activating group) is 1. The van der Waals surface area contributed by atoms with E-state index in [1.54, 1.807) is 6.20 Å². The Morgan fingerprint density at radius 1 is 1.56 bits per heavy atom. The summed E-state index contributed by atoms with van der Waals surface area (Å²) in [7, 11) is 2.10. The molecular formula is C13H22N4O. The molecule has 0 saturated carbocycles. The van der Waals surface area contributed by atoms with Crippen molar-refractivity contribution >= 4 is 5.82 Å². The van der Waals surface area contributed by atoms with Crippen LogP contribution in [0.15, 0.2) is 18.3 Å². The van der Waals surface area contributed by atoms with E-state index in [2.05, 4.69) is 22.4 Å². The van der Waals surface area contributed by atoms with Crippen molar-refractivity contribution in [3.05, 3.63) is 23.9 Å². The Morgan fingerprint density at radius 2 is 2.44 bits per heavy atom. The molecule has 5 heteroatoms. The van der Waals surface area contributed by atoms with Crippen LogP contribution in [-0.2, 0) is 11.3 Å². The van der Waals surface area contributed by atoms with Gasteiger partial charge in [-0.3, -0.25) is 4.90 Å². The molecule has 5 nitrogen and oxygen atoms in total. The van der Waals surface area contributed by atoms with Crippen molar-refractivity contribution in [2.24, 2.45) is 5.84 Å². The Kier molecular flexibility index (Phi) is 4.92. The van der Waals surface area contributed by atoms with Gasteiger partial charge in [0.25, 0.3) is 0 Å². The molecule has 1 aliphatic rings. The molecule has 1 unspecified atom stereocenters. The first-order chi connectivity index (χ1) is 8.79. The van der Waals surface area contributed by atoms with Gasteiger partial charge in [0.15, 0.2) is 0 Å². The minimum Gasteiger partial charge on any atom is -0.377 e. The maximum Gasteiger partial charge on any atom is 0.144 e. The van der Waals surface area contributed by atoms with E-state index in [-0.39, 0.29) is 0 Å². The summed E-state index contributed by atoms with van der Waals surface area (Å²) in [5.74, 6) is 6.20. The maximum atomic E-state index is 5.75. The number of anilines is 1. The van der Waals surface area contributed by atoms with Gasteiger partial charge in [0.1, 0.15) is 5.82 Å². The largest absolute Gasteiger partial charge is 0.377 e. The smallest absolute Gasteiger partial charge is 0.144 e. The van der Waals surface area contributed by atoms with E-state index in [0.717, 1.165) is 31.1 Å².